The molecule has 2 bridgehead atoms. The molecular weight excluding hydrogens is 462 g/mol. The van der Waals surface area contributed by atoms with Gasteiger partial charge in [-0.05, 0) is 44.2 Å². The van der Waals surface area contributed by atoms with Crippen LogP contribution in [0.4, 0.5) is 10.9 Å². The zero-order valence-corrected chi connectivity index (χ0v) is 20.1. The van der Waals surface area contributed by atoms with E-state index in [4.69, 9.17) is 10.7 Å². The van der Waals surface area contributed by atoms with E-state index in [0.29, 0.717) is 16.5 Å². The number of nitrogens with zero attached hydrogens (tertiary/aromatic N) is 4. The Morgan fingerprint density at radius 1 is 1.09 bits per heavy atom. The van der Waals surface area contributed by atoms with Crippen molar-refractivity contribution in [2.45, 2.75) is 50.0 Å². The van der Waals surface area contributed by atoms with Crippen molar-refractivity contribution in [3.8, 4) is 11.3 Å². The molecule has 1 aromatic carbocycles. The smallest absolute Gasteiger partial charge is 0.257 e. The van der Waals surface area contributed by atoms with E-state index in [1.54, 1.807) is 31.5 Å². The van der Waals surface area contributed by atoms with Crippen LogP contribution in [0.2, 0.25) is 0 Å². The van der Waals surface area contributed by atoms with Gasteiger partial charge in [-0.25, -0.2) is 15.0 Å². The lowest BCUT2D eigenvalue weighted by molar-refractivity contribution is -0.120. The predicted molar refractivity (Wildman–Crippen MR) is 134 cm³/mol. The van der Waals surface area contributed by atoms with Gasteiger partial charge in [0, 0.05) is 53.0 Å². The molecule has 3 aromatic heterocycles. The van der Waals surface area contributed by atoms with Gasteiger partial charge in [-0.1, -0.05) is 12.1 Å². The Kier molecular flexibility index (Phi) is 4.89. The Balaban J connectivity index is 1.37. The number of nitrogens with two attached hydrogens (primary N) is 1. The van der Waals surface area contributed by atoms with E-state index in [9.17, 15) is 9.59 Å². The second-order valence-electron chi connectivity index (χ2n) is 9.60. The highest BCUT2D eigenvalue weighted by atomic mass is 32.1. The predicted octanol–water partition coefficient (Wildman–Crippen LogP) is 3.78. The minimum atomic E-state index is -0.215. The highest BCUT2D eigenvalue weighted by Crippen LogP contribution is 2.57. The zero-order chi connectivity index (χ0) is 24.2. The van der Waals surface area contributed by atoms with Crippen LogP contribution >= 0.6 is 11.3 Å². The number of aromatic nitrogens is 4. The second kappa shape index (κ2) is 7.88. The molecule has 2 aliphatic rings. The number of nitrogens with one attached hydrogen (secondary N) is 2. The number of benzene rings is 1. The van der Waals surface area contributed by atoms with Crippen LogP contribution in [0.15, 0.2) is 48.2 Å². The first kappa shape index (κ1) is 21.7. The lowest BCUT2D eigenvalue weighted by Crippen LogP contribution is -2.43. The number of carbonyl (C=O) groups is 2. The van der Waals surface area contributed by atoms with Crippen molar-refractivity contribution in [3.63, 3.8) is 0 Å². The number of hydrogen-bond acceptors (Lipinski definition) is 7. The van der Waals surface area contributed by atoms with E-state index in [2.05, 4.69) is 25.0 Å². The summed E-state index contributed by atoms with van der Waals surface area (Å²) in [5.74, 6) is 1.18. The maximum absolute atomic E-state index is 12.6. The molecule has 0 unspecified atom stereocenters. The van der Waals surface area contributed by atoms with Crippen molar-refractivity contribution >= 4 is 39.6 Å². The quantitative estimate of drug-likeness (QED) is 0.393. The maximum Gasteiger partial charge on any atom is 0.257 e. The van der Waals surface area contributed by atoms with E-state index in [0.717, 1.165) is 54.7 Å². The molecular formula is C25H25N7O2S. The molecule has 0 radical (unpaired) electrons. The Labute approximate surface area is 205 Å². The largest absolute Gasteiger partial charge is 0.382 e. The molecule has 6 rings (SSSR count). The average Bonchev–Trinajstić information content (AvgIpc) is 3.62. The average molecular weight is 488 g/mol. The van der Waals surface area contributed by atoms with Crippen molar-refractivity contribution in [1.82, 2.24) is 24.7 Å². The number of carbonyl (C=O) groups excluding carboxylic acids is 2. The first-order chi connectivity index (χ1) is 16.9. The summed E-state index contributed by atoms with van der Waals surface area (Å²) in [7, 11) is 0. The Hall–Kier alpha value is -3.79. The van der Waals surface area contributed by atoms with Crippen LogP contribution in [0.3, 0.4) is 0 Å². The molecule has 2 amide bonds. The normalized spacial score (nSPS) is 23.0. The summed E-state index contributed by atoms with van der Waals surface area (Å²) < 4.78 is 2.07. The van der Waals surface area contributed by atoms with Gasteiger partial charge in [0.25, 0.3) is 5.91 Å². The Morgan fingerprint density at radius 3 is 2.54 bits per heavy atom. The lowest BCUT2D eigenvalue weighted by atomic mass is 9.83. The van der Waals surface area contributed by atoms with Gasteiger partial charge in [0.2, 0.25) is 5.91 Å². The highest BCUT2D eigenvalue weighted by molar-refractivity contribution is 7.13. The number of imidazole rings is 1. The molecule has 2 aliphatic carbocycles. The third-order valence-corrected chi connectivity index (χ3v) is 8.10. The van der Waals surface area contributed by atoms with Crippen LogP contribution in [0, 0.1) is 0 Å². The molecule has 178 valence electrons. The summed E-state index contributed by atoms with van der Waals surface area (Å²) >= 11 is 1.37. The van der Waals surface area contributed by atoms with E-state index >= 15 is 0 Å². The van der Waals surface area contributed by atoms with Gasteiger partial charge in [0.1, 0.15) is 22.9 Å². The van der Waals surface area contributed by atoms with Crippen LogP contribution in [0.25, 0.3) is 16.8 Å². The number of amides is 2. The molecule has 0 atom stereocenters. The summed E-state index contributed by atoms with van der Waals surface area (Å²) in [5.41, 5.74) is 8.98. The first-order valence-corrected chi connectivity index (χ1v) is 12.5. The van der Waals surface area contributed by atoms with Crippen LogP contribution in [-0.4, -0.2) is 36.7 Å². The van der Waals surface area contributed by atoms with Crippen LogP contribution in [0.5, 0.6) is 0 Å². The molecule has 3 heterocycles. The van der Waals surface area contributed by atoms with Gasteiger partial charge in [0.05, 0.1) is 0 Å². The standard InChI is InChI=1S/C25H25N7O2S/c1-15(33)31-25-8-6-24(14-25,7-9-25)22-29-18(19-20(26)27-10-12-32(19)22)16-2-4-17(5-3-16)21(34)30-23-28-11-13-35-23/h2-5,10-13H,6-9,14H2,1H3,(H2,26,27)(H,31,33)(H,28,30,34). The van der Waals surface area contributed by atoms with E-state index < -0.39 is 0 Å². The fourth-order valence-corrected chi connectivity index (χ4v) is 6.45. The lowest BCUT2D eigenvalue weighted by Gasteiger charge is -2.27. The molecule has 4 aromatic rings. The molecule has 0 spiro atoms. The second-order valence-corrected chi connectivity index (χ2v) is 10.5. The van der Waals surface area contributed by atoms with E-state index in [1.807, 2.05) is 23.7 Å². The molecule has 4 N–H and O–H groups in total. The molecule has 0 aliphatic heterocycles. The molecule has 35 heavy (non-hydrogen) atoms. The van der Waals surface area contributed by atoms with Crippen LogP contribution in [-0.2, 0) is 10.2 Å². The van der Waals surface area contributed by atoms with Crippen molar-refractivity contribution in [2.24, 2.45) is 0 Å². The van der Waals surface area contributed by atoms with Crippen molar-refractivity contribution in [3.05, 3.63) is 59.6 Å². The molecule has 2 fully saturated rings. The Morgan fingerprint density at radius 2 is 1.86 bits per heavy atom. The summed E-state index contributed by atoms with van der Waals surface area (Å²) in [5, 5.41) is 8.39. The highest BCUT2D eigenvalue weighted by Gasteiger charge is 2.57. The van der Waals surface area contributed by atoms with Gasteiger partial charge in [-0.2, -0.15) is 0 Å². The fourth-order valence-electron chi connectivity index (χ4n) is 5.93. The van der Waals surface area contributed by atoms with Crippen LogP contribution < -0.4 is 16.4 Å². The number of hydrogen-bond donors (Lipinski definition) is 3. The molecule has 0 saturated heterocycles. The third-order valence-electron chi connectivity index (χ3n) is 7.41. The van der Waals surface area contributed by atoms with Crippen molar-refractivity contribution in [1.29, 1.82) is 0 Å². The molecule has 2 saturated carbocycles. The van der Waals surface area contributed by atoms with E-state index in [1.165, 1.54) is 11.3 Å². The summed E-state index contributed by atoms with van der Waals surface area (Å²) in [6, 6.07) is 7.33. The maximum atomic E-state index is 12.6. The number of anilines is 2. The fraction of sp³-hybridized carbons (Fsp3) is 0.320. The van der Waals surface area contributed by atoms with Gasteiger partial charge in [-0.3, -0.25) is 19.3 Å². The monoisotopic (exact) mass is 487 g/mol. The van der Waals surface area contributed by atoms with Gasteiger partial charge >= 0.3 is 0 Å². The van der Waals surface area contributed by atoms with Gasteiger partial charge < -0.3 is 11.1 Å². The molecule has 9 nitrogen and oxygen atoms in total. The SMILES string of the molecule is CC(=O)NC12CCC(c3nc(-c4ccc(C(=O)Nc5nccs5)cc4)c4c(N)nccn34)(CC1)C2. The van der Waals surface area contributed by atoms with Gasteiger partial charge in [-0.15, -0.1) is 11.3 Å². The van der Waals surface area contributed by atoms with Crippen molar-refractivity contribution in [2.75, 3.05) is 11.1 Å². The number of nitrogen functional groups attached to an aromatic ring is 1. The number of thiazole rings is 1. The minimum Gasteiger partial charge on any atom is -0.382 e. The summed E-state index contributed by atoms with van der Waals surface area (Å²) in [6.07, 6.45) is 9.95. The van der Waals surface area contributed by atoms with Gasteiger partial charge in [0.15, 0.2) is 5.13 Å². The Bertz CT molecular complexity index is 1430. The minimum absolute atomic E-state index is 0.0174. The number of rotatable bonds is 5. The third kappa shape index (κ3) is 3.56. The first-order valence-electron chi connectivity index (χ1n) is 11.6. The summed E-state index contributed by atoms with van der Waals surface area (Å²) in [6.45, 7) is 1.59. The van der Waals surface area contributed by atoms with Crippen molar-refractivity contribution < 1.29 is 9.59 Å². The zero-order valence-electron chi connectivity index (χ0n) is 19.2. The summed E-state index contributed by atoms with van der Waals surface area (Å²) in [4.78, 5) is 38.0. The number of fused-ring (bicyclic) bond motifs is 3. The van der Waals surface area contributed by atoms with Crippen LogP contribution in [0.1, 0.15) is 55.2 Å². The van der Waals surface area contributed by atoms with E-state index in [-0.39, 0.29) is 22.8 Å². The topological polar surface area (TPSA) is 127 Å². The molecule has 10 heteroatoms.